The van der Waals surface area contributed by atoms with Crippen molar-refractivity contribution in [2.75, 3.05) is 25.1 Å². The number of thiazole rings is 1. The van der Waals surface area contributed by atoms with Crippen LogP contribution >= 0.6 is 11.3 Å². The first-order chi connectivity index (χ1) is 8.65. The number of nitrogens with zero attached hydrogens (tertiary/aromatic N) is 1. The zero-order chi connectivity index (χ0) is 13.0. The van der Waals surface area contributed by atoms with Crippen molar-refractivity contribution in [2.45, 2.75) is 13.8 Å². The molecule has 1 aromatic carbocycles. The lowest BCUT2D eigenvalue weighted by atomic mass is 10.2. The summed E-state index contributed by atoms with van der Waals surface area (Å²) in [6.45, 7) is 6.38. The molecule has 0 fully saturated rings. The minimum atomic E-state index is -0.224. The average molecular weight is 268 g/mol. The molecule has 0 amide bonds. The van der Waals surface area contributed by atoms with Gasteiger partial charge in [-0.1, -0.05) is 25.2 Å². The average Bonchev–Trinajstić information content (AvgIpc) is 2.70. The molecule has 2 rings (SSSR count). The van der Waals surface area contributed by atoms with Gasteiger partial charge in [0, 0.05) is 13.2 Å². The number of benzene rings is 1. The summed E-state index contributed by atoms with van der Waals surface area (Å²) in [6.07, 6.45) is 0. The predicted molar refractivity (Wildman–Crippen MR) is 73.7 cm³/mol. The fraction of sp³-hybridized carbons (Fsp3) is 0.462. The lowest BCUT2D eigenvalue weighted by Gasteiger charge is -2.06. The molecule has 0 saturated heterocycles. The van der Waals surface area contributed by atoms with Crippen molar-refractivity contribution in [1.29, 1.82) is 0 Å². The molecule has 0 radical (unpaired) electrons. The molecule has 1 aromatic heterocycles. The summed E-state index contributed by atoms with van der Waals surface area (Å²) in [5, 5.41) is 4.00. The van der Waals surface area contributed by atoms with Gasteiger partial charge in [0.15, 0.2) is 5.13 Å². The Kier molecular flexibility index (Phi) is 4.49. The van der Waals surface area contributed by atoms with Crippen LogP contribution in [-0.2, 0) is 4.74 Å². The van der Waals surface area contributed by atoms with E-state index in [4.69, 9.17) is 4.74 Å². The first-order valence-corrected chi connectivity index (χ1v) is 6.84. The molecule has 3 nitrogen and oxygen atoms in total. The van der Waals surface area contributed by atoms with Crippen LogP contribution in [0.25, 0.3) is 10.2 Å². The standard InChI is InChI=1S/C13H17FN2OS/c1-9(2)8-17-6-5-15-13-16-11-4-3-10(14)7-12(11)18-13/h3-4,7,9H,5-6,8H2,1-2H3,(H,15,16). The molecule has 98 valence electrons. The van der Waals surface area contributed by atoms with Crippen LogP contribution < -0.4 is 5.32 Å². The molecule has 0 aliphatic rings. The Morgan fingerprint density at radius 2 is 2.28 bits per heavy atom. The predicted octanol–water partition coefficient (Wildman–Crippen LogP) is 3.52. The summed E-state index contributed by atoms with van der Waals surface area (Å²) < 4.78 is 19.3. The Labute approximate surface area is 110 Å². The van der Waals surface area contributed by atoms with Crippen LogP contribution in [0.3, 0.4) is 0 Å². The van der Waals surface area contributed by atoms with Crippen molar-refractivity contribution in [1.82, 2.24) is 4.98 Å². The minimum absolute atomic E-state index is 0.224. The van der Waals surface area contributed by atoms with Crippen LogP contribution in [-0.4, -0.2) is 24.7 Å². The first-order valence-electron chi connectivity index (χ1n) is 6.03. The second-order valence-electron chi connectivity index (χ2n) is 4.53. The maximum absolute atomic E-state index is 13.0. The lowest BCUT2D eigenvalue weighted by molar-refractivity contribution is 0.118. The molecule has 0 saturated carbocycles. The zero-order valence-electron chi connectivity index (χ0n) is 10.6. The van der Waals surface area contributed by atoms with Crippen molar-refractivity contribution in [2.24, 2.45) is 5.92 Å². The molecule has 0 aliphatic carbocycles. The number of anilines is 1. The Morgan fingerprint density at radius 1 is 1.44 bits per heavy atom. The molecule has 0 unspecified atom stereocenters. The van der Waals surface area contributed by atoms with E-state index in [1.807, 2.05) is 0 Å². The third-order valence-corrected chi connectivity index (χ3v) is 3.30. The normalized spacial score (nSPS) is 11.3. The van der Waals surface area contributed by atoms with Crippen molar-refractivity contribution in [3.63, 3.8) is 0 Å². The highest BCUT2D eigenvalue weighted by molar-refractivity contribution is 7.22. The first kappa shape index (κ1) is 13.2. The van der Waals surface area contributed by atoms with E-state index in [1.165, 1.54) is 23.5 Å². The van der Waals surface area contributed by atoms with E-state index in [-0.39, 0.29) is 5.82 Å². The van der Waals surface area contributed by atoms with Crippen LogP contribution in [0, 0.1) is 11.7 Å². The molecular formula is C13H17FN2OS. The van der Waals surface area contributed by atoms with Crippen LogP contribution in [0.15, 0.2) is 18.2 Å². The Balaban J connectivity index is 1.84. The molecule has 0 aliphatic heterocycles. The van der Waals surface area contributed by atoms with Gasteiger partial charge >= 0.3 is 0 Å². The van der Waals surface area contributed by atoms with Gasteiger partial charge in [-0.3, -0.25) is 0 Å². The smallest absolute Gasteiger partial charge is 0.183 e. The molecule has 0 atom stereocenters. The highest BCUT2D eigenvalue weighted by atomic mass is 32.1. The number of hydrogen-bond acceptors (Lipinski definition) is 4. The van der Waals surface area contributed by atoms with Crippen molar-refractivity contribution in [3.05, 3.63) is 24.0 Å². The van der Waals surface area contributed by atoms with Gasteiger partial charge in [0.1, 0.15) is 5.82 Å². The van der Waals surface area contributed by atoms with Crippen LogP contribution in [0.1, 0.15) is 13.8 Å². The molecule has 2 aromatic rings. The van der Waals surface area contributed by atoms with Gasteiger partial charge in [-0.25, -0.2) is 9.37 Å². The Morgan fingerprint density at radius 3 is 3.06 bits per heavy atom. The Bertz CT molecular complexity index is 513. The second kappa shape index (κ2) is 6.11. The number of halogens is 1. The molecule has 1 heterocycles. The van der Waals surface area contributed by atoms with Crippen LogP contribution in [0.5, 0.6) is 0 Å². The number of hydrogen-bond donors (Lipinski definition) is 1. The zero-order valence-corrected chi connectivity index (χ0v) is 11.4. The summed E-state index contributed by atoms with van der Waals surface area (Å²) in [5.74, 6) is 0.327. The van der Waals surface area contributed by atoms with E-state index < -0.39 is 0 Å². The van der Waals surface area contributed by atoms with Crippen LogP contribution in [0.4, 0.5) is 9.52 Å². The molecule has 18 heavy (non-hydrogen) atoms. The summed E-state index contributed by atoms with van der Waals surface area (Å²) in [4.78, 5) is 4.37. The topological polar surface area (TPSA) is 34.1 Å². The maximum atomic E-state index is 13.0. The van der Waals surface area contributed by atoms with E-state index in [0.717, 1.165) is 28.5 Å². The molecule has 0 spiro atoms. The van der Waals surface area contributed by atoms with Crippen LogP contribution in [0.2, 0.25) is 0 Å². The van der Waals surface area contributed by atoms with E-state index in [2.05, 4.69) is 24.1 Å². The van der Waals surface area contributed by atoms with Gasteiger partial charge in [-0.15, -0.1) is 0 Å². The van der Waals surface area contributed by atoms with Gasteiger partial charge in [-0.2, -0.15) is 0 Å². The number of ether oxygens (including phenoxy) is 1. The molecule has 1 N–H and O–H groups in total. The monoisotopic (exact) mass is 268 g/mol. The Hall–Kier alpha value is -1.20. The molecule has 0 bridgehead atoms. The van der Waals surface area contributed by atoms with Gasteiger partial charge in [0.25, 0.3) is 0 Å². The summed E-state index contributed by atoms with van der Waals surface area (Å²) in [7, 11) is 0. The second-order valence-corrected chi connectivity index (χ2v) is 5.56. The summed E-state index contributed by atoms with van der Waals surface area (Å²) in [6, 6.07) is 4.63. The number of aromatic nitrogens is 1. The number of rotatable bonds is 6. The van der Waals surface area contributed by atoms with Gasteiger partial charge in [0.2, 0.25) is 0 Å². The lowest BCUT2D eigenvalue weighted by Crippen LogP contribution is -2.11. The van der Waals surface area contributed by atoms with Gasteiger partial charge < -0.3 is 10.1 Å². The summed E-state index contributed by atoms with van der Waals surface area (Å²) in [5.41, 5.74) is 0.826. The quantitative estimate of drug-likeness (QED) is 0.814. The highest BCUT2D eigenvalue weighted by Gasteiger charge is 2.04. The van der Waals surface area contributed by atoms with Gasteiger partial charge in [-0.05, 0) is 24.1 Å². The van der Waals surface area contributed by atoms with E-state index in [9.17, 15) is 4.39 Å². The van der Waals surface area contributed by atoms with E-state index in [0.29, 0.717) is 12.5 Å². The van der Waals surface area contributed by atoms with Crippen molar-refractivity contribution < 1.29 is 9.13 Å². The van der Waals surface area contributed by atoms with E-state index in [1.54, 1.807) is 6.07 Å². The van der Waals surface area contributed by atoms with E-state index >= 15 is 0 Å². The summed E-state index contributed by atoms with van der Waals surface area (Å²) >= 11 is 1.46. The van der Waals surface area contributed by atoms with Crippen molar-refractivity contribution >= 4 is 26.7 Å². The largest absolute Gasteiger partial charge is 0.379 e. The third-order valence-electron chi connectivity index (χ3n) is 2.32. The maximum Gasteiger partial charge on any atom is 0.183 e. The number of nitrogens with one attached hydrogen (secondary N) is 1. The number of fused-ring (bicyclic) bond motifs is 1. The molecule has 5 heteroatoms. The van der Waals surface area contributed by atoms with Crippen molar-refractivity contribution in [3.8, 4) is 0 Å². The highest BCUT2D eigenvalue weighted by Crippen LogP contribution is 2.26. The van der Waals surface area contributed by atoms with Gasteiger partial charge in [0.05, 0.1) is 16.8 Å². The SMILES string of the molecule is CC(C)COCCNc1nc2ccc(F)cc2s1. The fourth-order valence-electron chi connectivity index (χ4n) is 1.52. The fourth-order valence-corrected chi connectivity index (χ4v) is 2.44. The minimum Gasteiger partial charge on any atom is -0.379 e. The third kappa shape index (κ3) is 3.65. The molecular weight excluding hydrogens is 251 g/mol.